The highest BCUT2D eigenvalue weighted by Crippen LogP contribution is 2.31. The average molecular weight is 607 g/mol. The summed E-state index contributed by atoms with van der Waals surface area (Å²) in [6, 6.07) is 18.3. The van der Waals surface area contributed by atoms with E-state index in [1.54, 1.807) is 18.2 Å². The van der Waals surface area contributed by atoms with Crippen molar-refractivity contribution in [2.24, 2.45) is 5.10 Å². The molecule has 3 aromatic carbocycles. The van der Waals surface area contributed by atoms with Crippen LogP contribution in [0.3, 0.4) is 0 Å². The van der Waals surface area contributed by atoms with Gasteiger partial charge in [-0.2, -0.15) is 5.10 Å². The number of benzene rings is 3. The van der Waals surface area contributed by atoms with Gasteiger partial charge < -0.3 is 13.9 Å². The SMILES string of the molecule is CCOc1cc(/C=N\NC(=O)c2cc3cc(Br)cc(Br)c3o2)ccc1OCc1ccc(Cl)cc1. The van der Waals surface area contributed by atoms with Crippen molar-refractivity contribution in [1.82, 2.24) is 5.43 Å². The third-order valence-electron chi connectivity index (χ3n) is 4.71. The third-order valence-corrected chi connectivity index (χ3v) is 6.01. The summed E-state index contributed by atoms with van der Waals surface area (Å²) in [6.07, 6.45) is 1.53. The van der Waals surface area contributed by atoms with Gasteiger partial charge in [0, 0.05) is 14.9 Å². The Balaban J connectivity index is 1.43. The number of carbonyl (C=O) groups is 1. The monoisotopic (exact) mass is 604 g/mol. The Morgan fingerprint density at radius 3 is 2.62 bits per heavy atom. The first kappa shape index (κ1) is 24.3. The average Bonchev–Trinajstić information content (AvgIpc) is 3.24. The molecule has 174 valence electrons. The van der Waals surface area contributed by atoms with E-state index in [1.165, 1.54) is 6.21 Å². The molecule has 0 aliphatic heterocycles. The Labute approximate surface area is 218 Å². The minimum absolute atomic E-state index is 0.159. The first-order chi connectivity index (χ1) is 16.4. The molecule has 1 heterocycles. The van der Waals surface area contributed by atoms with E-state index in [4.69, 9.17) is 25.5 Å². The van der Waals surface area contributed by atoms with Crippen LogP contribution in [0.25, 0.3) is 11.0 Å². The lowest BCUT2D eigenvalue weighted by molar-refractivity contribution is 0.0929. The molecule has 9 heteroatoms. The molecule has 0 bridgehead atoms. The van der Waals surface area contributed by atoms with E-state index in [9.17, 15) is 4.79 Å². The zero-order chi connectivity index (χ0) is 24.1. The van der Waals surface area contributed by atoms with Crippen molar-refractivity contribution in [3.8, 4) is 11.5 Å². The molecule has 4 aromatic rings. The van der Waals surface area contributed by atoms with Gasteiger partial charge >= 0.3 is 5.91 Å². The van der Waals surface area contributed by atoms with Crippen LogP contribution >= 0.6 is 43.5 Å². The van der Waals surface area contributed by atoms with E-state index in [0.717, 1.165) is 25.5 Å². The number of fused-ring (bicyclic) bond motifs is 1. The number of rotatable bonds is 8. The van der Waals surface area contributed by atoms with Crippen molar-refractivity contribution in [3.63, 3.8) is 0 Å². The van der Waals surface area contributed by atoms with Gasteiger partial charge in [0.15, 0.2) is 17.3 Å². The molecule has 0 fully saturated rings. The van der Waals surface area contributed by atoms with Crippen molar-refractivity contribution in [2.75, 3.05) is 6.61 Å². The van der Waals surface area contributed by atoms with E-state index in [2.05, 4.69) is 42.4 Å². The Hall–Kier alpha value is -2.81. The minimum Gasteiger partial charge on any atom is -0.490 e. The van der Waals surface area contributed by atoms with Crippen molar-refractivity contribution in [2.45, 2.75) is 13.5 Å². The fourth-order valence-corrected chi connectivity index (χ4v) is 4.61. The first-order valence-electron chi connectivity index (χ1n) is 10.3. The molecule has 0 aliphatic carbocycles. The van der Waals surface area contributed by atoms with Gasteiger partial charge in [0.2, 0.25) is 0 Å². The van der Waals surface area contributed by atoms with Crippen molar-refractivity contribution in [3.05, 3.63) is 91.5 Å². The number of hydrogen-bond acceptors (Lipinski definition) is 5. The van der Waals surface area contributed by atoms with Crippen LogP contribution in [0.15, 0.2) is 79.1 Å². The topological polar surface area (TPSA) is 73.1 Å². The fourth-order valence-electron chi connectivity index (χ4n) is 3.14. The Morgan fingerprint density at radius 1 is 1.06 bits per heavy atom. The molecule has 34 heavy (non-hydrogen) atoms. The Bertz CT molecular complexity index is 1350. The molecular formula is C25H19Br2ClN2O4. The van der Waals surface area contributed by atoms with E-state index >= 15 is 0 Å². The van der Waals surface area contributed by atoms with Gasteiger partial charge in [-0.3, -0.25) is 4.79 Å². The molecule has 0 radical (unpaired) electrons. The Morgan fingerprint density at radius 2 is 1.85 bits per heavy atom. The number of carbonyl (C=O) groups excluding carboxylic acids is 1. The highest BCUT2D eigenvalue weighted by Gasteiger charge is 2.14. The normalized spacial score (nSPS) is 11.2. The molecule has 0 unspecified atom stereocenters. The summed E-state index contributed by atoms with van der Waals surface area (Å²) in [6.45, 7) is 2.76. The van der Waals surface area contributed by atoms with Crippen LogP contribution in [0, 0.1) is 0 Å². The molecule has 0 atom stereocenters. The molecule has 4 rings (SSSR count). The maximum Gasteiger partial charge on any atom is 0.307 e. The molecular weight excluding hydrogens is 588 g/mol. The highest BCUT2D eigenvalue weighted by molar-refractivity contribution is 9.11. The van der Waals surface area contributed by atoms with Crippen molar-refractivity contribution >= 4 is 66.6 Å². The van der Waals surface area contributed by atoms with Crippen LogP contribution < -0.4 is 14.9 Å². The predicted octanol–water partition coefficient (Wildman–Crippen LogP) is 7.35. The predicted molar refractivity (Wildman–Crippen MR) is 140 cm³/mol. The van der Waals surface area contributed by atoms with Gasteiger partial charge in [0.05, 0.1) is 17.3 Å². The van der Waals surface area contributed by atoms with Gasteiger partial charge in [0.1, 0.15) is 12.2 Å². The molecule has 6 nitrogen and oxygen atoms in total. The molecule has 1 N–H and O–H groups in total. The number of hydrogen-bond donors (Lipinski definition) is 1. The van der Waals surface area contributed by atoms with Crippen molar-refractivity contribution < 1.29 is 18.7 Å². The zero-order valence-corrected chi connectivity index (χ0v) is 21.9. The number of halogens is 3. The quantitative estimate of drug-likeness (QED) is 0.168. The summed E-state index contributed by atoms with van der Waals surface area (Å²) in [7, 11) is 0. The van der Waals surface area contributed by atoms with Gasteiger partial charge in [-0.25, -0.2) is 5.43 Å². The highest BCUT2D eigenvalue weighted by atomic mass is 79.9. The van der Waals surface area contributed by atoms with Gasteiger partial charge in [-0.15, -0.1) is 0 Å². The van der Waals surface area contributed by atoms with Crippen LogP contribution in [0.2, 0.25) is 5.02 Å². The number of amides is 1. The van der Waals surface area contributed by atoms with E-state index in [-0.39, 0.29) is 5.76 Å². The zero-order valence-electron chi connectivity index (χ0n) is 18.0. The van der Waals surface area contributed by atoms with Gasteiger partial charge in [0.25, 0.3) is 0 Å². The second-order valence-corrected chi connectivity index (χ2v) is 9.38. The lowest BCUT2D eigenvalue weighted by Gasteiger charge is -2.12. The number of nitrogens with one attached hydrogen (secondary N) is 1. The Kier molecular flexibility index (Phi) is 7.92. The number of hydrazone groups is 1. The van der Waals surface area contributed by atoms with Gasteiger partial charge in [-0.1, -0.05) is 39.7 Å². The summed E-state index contributed by atoms with van der Waals surface area (Å²) < 4.78 is 18.9. The van der Waals surface area contributed by atoms with E-state index in [1.807, 2.05) is 49.4 Å². The summed E-state index contributed by atoms with van der Waals surface area (Å²) in [5.74, 6) is 0.895. The summed E-state index contributed by atoms with van der Waals surface area (Å²) in [5.41, 5.74) is 4.80. The van der Waals surface area contributed by atoms with Crippen LogP contribution in [0.5, 0.6) is 11.5 Å². The smallest absolute Gasteiger partial charge is 0.307 e. The number of nitrogens with zero attached hydrogens (tertiary/aromatic N) is 1. The first-order valence-corrected chi connectivity index (χ1v) is 12.3. The second kappa shape index (κ2) is 11.1. The molecule has 1 aromatic heterocycles. The lowest BCUT2D eigenvalue weighted by atomic mass is 10.2. The molecule has 0 saturated heterocycles. The number of furan rings is 1. The van der Waals surface area contributed by atoms with Crippen LogP contribution in [-0.2, 0) is 6.61 Å². The third kappa shape index (κ3) is 6.00. The molecule has 0 spiro atoms. The molecule has 1 amide bonds. The largest absolute Gasteiger partial charge is 0.490 e. The summed E-state index contributed by atoms with van der Waals surface area (Å²) in [5, 5.41) is 5.52. The maximum absolute atomic E-state index is 12.5. The lowest BCUT2D eigenvalue weighted by Crippen LogP contribution is -2.16. The van der Waals surface area contributed by atoms with E-state index in [0.29, 0.717) is 35.3 Å². The summed E-state index contributed by atoms with van der Waals surface area (Å²) >= 11 is 12.8. The minimum atomic E-state index is -0.455. The second-order valence-electron chi connectivity index (χ2n) is 7.17. The fraction of sp³-hybridized carbons (Fsp3) is 0.120. The van der Waals surface area contributed by atoms with Crippen LogP contribution in [0.4, 0.5) is 0 Å². The van der Waals surface area contributed by atoms with Gasteiger partial charge in [-0.05, 0) is 82.5 Å². The van der Waals surface area contributed by atoms with E-state index < -0.39 is 5.91 Å². The number of ether oxygens (including phenoxy) is 2. The van der Waals surface area contributed by atoms with Crippen LogP contribution in [-0.4, -0.2) is 18.7 Å². The molecule has 0 saturated carbocycles. The standard InChI is InChI=1S/C25H19Br2ClN2O4/c1-2-32-22-9-16(5-8-21(22)33-14-15-3-6-19(28)7-4-15)13-29-30-25(31)23-11-17-10-18(26)12-20(27)24(17)34-23/h3-13H,2,14H2,1H3,(H,30,31)/b29-13-. The summed E-state index contributed by atoms with van der Waals surface area (Å²) in [4.78, 5) is 12.5. The van der Waals surface area contributed by atoms with Crippen LogP contribution in [0.1, 0.15) is 28.6 Å². The molecule has 0 aliphatic rings. The van der Waals surface area contributed by atoms with Crippen molar-refractivity contribution in [1.29, 1.82) is 0 Å². The maximum atomic E-state index is 12.5.